The highest BCUT2D eigenvalue weighted by molar-refractivity contribution is 5.59. The summed E-state index contributed by atoms with van der Waals surface area (Å²) in [6.07, 6.45) is 10.4. The fourth-order valence-electron chi connectivity index (χ4n) is 3.72. The molecule has 1 aromatic carbocycles. The first-order chi connectivity index (χ1) is 8.90. The maximum absolute atomic E-state index is 4.11. The standard InChI is InChI=1S/C17H23N/c1-2-16(14-8-4-3-5-9-14)18-13-12-15-10-6-7-11-17(15)18/h2,6-7,10-11,14,16H,1,3-5,8-9,12-13H2/t16-/m0/s1. The predicted octanol–water partition coefficient (Wildman–Crippen LogP) is 4.18. The van der Waals surface area contributed by atoms with E-state index in [0.717, 1.165) is 5.92 Å². The highest BCUT2D eigenvalue weighted by Crippen LogP contribution is 2.36. The highest BCUT2D eigenvalue weighted by Gasteiger charge is 2.30. The summed E-state index contributed by atoms with van der Waals surface area (Å²) in [6, 6.07) is 9.43. The molecule has 1 aliphatic heterocycles. The molecule has 0 bridgehead atoms. The Balaban J connectivity index is 1.82. The summed E-state index contributed by atoms with van der Waals surface area (Å²) in [6.45, 7) is 5.29. The van der Waals surface area contributed by atoms with Crippen LogP contribution in [0.2, 0.25) is 0 Å². The lowest BCUT2D eigenvalue weighted by molar-refractivity contribution is 0.324. The average molecular weight is 241 g/mol. The number of benzene rings is 1. The summed E-state index contributed by atoms with van der Waals surface area (Å²) in [5, 5.41) is 0. The molecule has 96 valence electrons. The molecule has 1 heterocycles. The molecule has 1 fully saturated rings. The number of nitrogens with zero attached hydrogens (tertiary/aromatic N) is 1. The van der Waals surface area contributed by atoms with Gasteiger partial charge in [-0.05, 0) is 36.8 Å². The number of anilines is 1. The number of para-hydroxylation sites is 1. The van der Waals surface area contributed by atoms with Gasteiger partial charge in [0.2, 0.25) is 0 Å². The van der Waals surface area contributed by atoms with Crippen LogP contribution in [-0.2, 0) is 6.42 Å². The van der Waals surface area contributed by atoms with E-state index < -0.39 is 0 Å². The van der Waals surface area contributed by atoms with Crippen molar-refractivity contribution >= 4 is 5.69 Å². The minimum Gasteiger partial charge on any atom is -0.364 e. The fourth-order valence-corrected chi connectivity index (χ4v) is 3.72. The second-order valence-electron chi connectivity index (χ2n) is 5.70. The van der Waals surface area contributed by atoms with Crippen molar-refractivity contribution in [3.05, 3.63) is 42.5 Å². The SMILES string of the molecule is C=C[C@@H](C1CCCCC1)N1CCc2ccccc21. The molecule has 1 saturated carbocycles. The van der Waals surface area contributed by atoms with Crippen LogP contribution >= 0.6 is 0 Å². The summed E-state index contributed by atoms with van der Waals surface area (Å²) in [5.41, 5.74) is 2.97. The van der Waals surface area contributed by atoms with E-state index in [1.807, 2.05) is 0 Å². The van der Waals surface area contributed by atoms with Crippen LogP contribution in [0.5, 0.6) is 0 Å². The Labute approximate surface area is 111 Å². The molecule has 1 heteroatoms. The zero-order valence-corrected chi connectivity index (χ0v) is 11.1. The lowest BCUT2D eigenvalue weighted by Crippen LogP contribution is -2.39. The largest absolute Gasteiger partial charge is 0.364 e. The van der Waals surface area contributed by atoms with Crippen molar-refractivity contribution in [3.8, 4) is 0 Å². The summed E-state index contributed by atoms with van der Waals surface area (Å²) in [5.74, 6) is 0.822. The number of fused-ring (bicyclic) bond motifs is 1. The molecular formula is C17H23N. The van der Waals surface area contributed by atoms with Gasteiger partial charge in [0, 0.05) is 18.3 Å². The maximum Gasteiger partial charge on any atom is 0.0498 e. The Morgan fingerprint density at radius 2 is 1.94 bits per heavy atom. The second kappa shape index (κ2) is 5.17. The van der Waals surface area contributed by atoms with Crippen LogP contribution < -0.4 is 4.90 Å². The Morgan fingerprint density at radius 3 is 2.72 bits per heavy atom. The third-order valence-corrected chi connectivity index (χ3v) is 4.66. The minimum atomic E-state index is 0.550. The van der Waals surface area contributed by atoms with Crippen molar-refractivity contribution < 1.29 is 0 Å². The molecule has 1 atom stereocenters. The van der Waals surface area contributed by atoms with Crippen molar-refractivity contribution in [3.63, 3.8) is 0 Å². The molecule has 18 heavy (non-hydrogen) atoms. The first kappa shape index (κ1) is 11.8. The quantitative estimate of drug-likeness (QED) is 0.717. The molecule has 2 aliphatic rings. The summed E-state index contributed by atoms with van der Waals surface area (Å²) in [7, 11) is 0. The van der Waals surface area contributed by atoms with Gasteiger partial charge in [0.25, 0.3) is 0 Å². The minimum absolute atomic E-state index is 0.550. The average Bonchev–Trinajstić information content (AvgIpc) is 2.85. The van der Waals surface area contributed by atoms with E-state index >= 15 is 0 Å². The zero-order chi connectivity index (χ0) is 12.4. The Hall–Kier alpha value is -1.24. The van der Waals surface area contributed by atoms with Crippen LogP contribution in [0, 0.1) is 5.92 Å². The molecule has 0 N–H and O–H groups in total. The molecule has 1 aliphatic carbocycles. The van der Waals surface area contributed by atoms with Gasteiger partial charge in [0.15, 0.2) is 0 Å². The lowest BCUT2D eigenvalue weighted by atomic mass is 9.83. The van der Waals surface area contributed by atoms with Crippen LogP contribution in [0.1, 0.15) is 37.7 Å². The van der Waals surface area contributed by atoms with Crippen LogP contribution in [0.25, 0.3) is 0 Å². The van der Waals surface area contributed by atoms with Gasteiger partial charge in [-0.2, -0.15) is 0 Å². The van der Waals surface area contributed by atoms with Gasteiger partial charge in [-0.1, -0.05) is 43.5 Å². The van der Waals surface area contributed by atoms with Gasteiger partial charge < -0.3 is 4.90 Å². The molecule has 0 saturated heterocycles. The van der Waals surface area contributed by atoms with Crippen molar-refractivity contribution in [2.75, 3.05) is 11.4 Å². The third-order valence-electron chi connectivity index (χ3n) is 4.66. The molecule has 0 radical (unpaired) electrons. The van der Waals surface area contributed by atoms with Crippen molar-refractivity contribution in [1.82, 2.24) is 0 Å². The molecule has 0 amide bonds. The Kier molecular flexibility index (Phi) is 3.40. The van der Waals surface area contributed by atoms with Gasteiger partial charge in [-0.25, -0.2) is 0 Å². The predicted molar refractivity (Wildman–Crippen MR) is 78.1 cm³/mol. The van der Waals surface area contributed by atoms with E-state index in [1.54, 1.807) is 0 Å². The monoisotopic (exact) mass is 241 g/mol. The Morgan fingerprint density at radius 1 is 1.17 bits per heavy atom. The van der Waals surface area contributed by atoms with Crippen LogP contribution in [0.3, 0.4) is 0 Å². The maximum atomic E-state index is 4.11. The van der Waals surface area contributed by atoms with E-state index in [0.29, 0.717) is 6.04 Å². The van der Waals surface area contributed by atoms with E-state index in [2.05, 4.69) is 41.8 Å². The van der Waals surface area contributed by atoms with E-state index in [9.17, 15) is 0 Å². The van der Waals surface area contributed by atoms with Crippen molar-refractivity contribution in [2.24, 2.45) is 5.92 Å². The summed E-state index contributed by atoms with van der Waals surface area (Å²) in [4.78, 5) is 2.60. The number of rotatable bonds is 3. The van der Waals surface area contributed by atoms with Gasteiger partial charge in [-0.15, -0.1) is 6.58 Å². The molecule has 3 rings (SSSR count). The topological polar surface area (TPSA) is 3.24 Å². The van der Waals surface area contributed by atoms with Gasteiger partial charge in [0.1, 0.15) is 0 Å². The molecule has 0 aromatic heterocycles. The van der Waals surface area contributed by atoms with Crippen molar-refractivity contribution in [2.45, 2.75) is 44.6 Å². The molecular weight excluding hydrogens is 218 g/mol. The van der Waals surface area contributed by atoms with E-state index in [4.69, 9.17) is 0 Å². The van der Waals surface area contributed by atoms with E-state index in [1.165, 1.54) is 56.3 Å². The lowest BCUT2D eigenvalue weighted by Gasteiger charge is -2.36. The zero-order valence-electron chi connectivity index (χ0n) is 11.1. The first-order valence-corrected chi connectivity index (χ1v) is 7.37. The fraction of sp³-hybridized carbons (Fsp3) is 0.529. The van der Waals surface area contributed by atoms with Crippen LogP contribution in [0.4, 0.5) is 5.69 Å². The smallest absolute Gasteiger partial charge is 0.0498 e. The third kappa shape index (κ3) is 2.07. The van der Waals surface area contributed by atoms with Crippen molar-refractivity contribution in [1.29, 1.82) is 0 Å². The molecule has 0 spiro atoms. The molecule has 1 nitrogen and oxygen atoms in total. The number of hydrogen-bond acceptors (Lipinski definition) is 1. The van der Waals surface area contributed by atoms with E-state index in [-0.39, 0.29) is 0 Å². The normalized spacial score (nSPS) is 21.7. The van der Waals surface area contributed by atoms with Gasteiger partial charge in [-0.3, -0.25) is 0 Å². The molecule has 0 unspecified atom stereocenters. The first-order valence-electron chi connectivity index (χ1n) is 7.37. The summed E-state index contributed by atoms with van der Waals surface area (Å²) < 4.78 is 0. The second-order valence-corrected chi connectivity index (χ2v) is 5.70. The van der Waals surface area contributed by atoms with Gasteiger partial charge >= 0.3 is 0 Å². The van der Waals surface area contributed by atoms with Gasteiger partial charge in [0.05, 0.1) is 0 Å². The highest BCUT2D eigenvalue weighted by atomic mass is 15.2. The summed E-state index contributed by atoms with van der Waals surface area (Å²) >= 11 is 0. The van der Waals surface area contributed by atoms with Crippen LogP contribution in [0.15, 0.2) is 36.9 Å². The number of hydrogen-bond donors (Lipinski definition) is 0. The molecule has 1 aromatic rings. The van der Waals surface area contributed by atoms with Crippen LogP contribution in [-0.4, -0.2) is 12.6 Å². The Bertz CT molecular complexity index is 417.